The van der Waals surface area contributed by atoms with Crippen LogP contribution in [0.3, 0.4) is 0 Å². The van der Waals surface area contributed by atoms with Crippen LogP contribution in [0.5, 0.6) is 0 Å². The predicted molar refractivity (Wildman–Crippen MR) is 48.6 cm³/mol. The van der Waals surface area contributed by atoms with E-state index in [4.69, 9.17) is 0 Å². The molecule has 0 bridgehead atoms. The van der Waals surface area contributed by atoms with E-state index in [1.54, 1.807) is 0 Å². The quantitative estimate of drug-likeness (QED) is 0.598. The van der Waals surface area contributed by atoms with Crippen LogP contribution in [-0.2, 0) is 4.79 Å². The van der Waals surface area contributed by atoms with Crippen molar-refractivity contribution in [3.8, 4) is 0 Å². The molecule has 3 heteroatoms. The van der Waals surface area contributed by atoms with E-state index in [9.17, 15) is 4.79 Å². The van der Waals surface area contributed by atoms with E-state index in [0.717, 1.165) is 12.1 Å². The maximum absolute atomic E-state index is 10.3. The van der Waals surface area contributed by atoms with Crippen molar-refractivity contribution in [3.05, 3.63) is 11.8 Å². The number of carbonyl (C=O) groups is 1. The van der Waals surface area contributed by atoms with Gasteiger partial charge in [-0.3, -0.25) is 10.1 Å². The predicted octanol–water partition coefficient (Wildman–Crippen LogP) is 0.777. The molecule has 0 aromatic rings. The summed E-state index contributed by atoms with van der Waals surface area (Å²) in [5.74, 6) is 0. The van der Waals surface area contributed by atoms with Gasteiger partial charge in [0.25, 0.3) is 0 Å². The van der Waals surface area contributed by atoms with Crippen molar-refractivity contribution in [2.24, 2.45) is 0 Å². The van der Waals surface area contributed by atoms with Crippen LogP contribution in [0.1, 0.15) is 27.7 Å². The van der Waals surface area contributed by atoms with Gasteiger partial charge in [-0.25, -0.2) is 0 Å². The molecule has 68 valence electrons. The molecule has 1 aliphatic heterocycles. The summed E-state index contributed by atoms with van der Waals surface area (Å²) < 4.78 is 0. The molecule has 0 saturated carbocycles. The standard InChI is InChI=1S/C9H16N2O/c1-8(2)5-7(10-6-12)9(3,4)11-8/h5-6,11H,1-4H3,(H,10,12). The van der Waals surface area contributed by atoms with E-state index in [1.165, 1.54) is 0 Å². The largest absolute Gasteiger partial charge is 0.331 e. The molecule has 0 aromatic carbocycles. The fraction of sp³-hybridized carbons (Fsp3) is 0.667. The summed E-state index contributed by atoms with van der Waals surface area (Å²) in [4.78, 5) is 10.3. The molecular weight excluding hydrogens is 152 g/mol. The van der Waals surface area contributed by atoms with Gasteiger partial charge in [-0.05, 0) is 33.8 Å². The molecule has 2 N–H and O–H groups in total. The molecule has 3 nitrogen and oxygen atoms in total. The van der Waals surface area contributed by atoms with Gasteiger partial charge < -0.3 is 5.32 Å². The van der Waals surface area contributed by atoms with E-state index in [-0.39, 0.29) is 11.1 Å². The molecule has 0 spiro atoms. The van der Waals surface area contributed by atoms with Gasteiger partial charge in [-0.15, -0.1) is 0 Å². The van der Waals surface area contributed by atoms with Crippen LogP contribution in [0, 0.1) is 0 Å². The lowest BCUT2D eigenvalue weighted by Gasteiger charge is -2.27. The molecule has 0 fully saturated rings. The number of amides is 1. The third kappa shape index (κ3) is 1.67. The maximum atomic E-state index is 10.3. The highest BCUT2D eigenvalue weighted by Gasteiger charge is 2.36. The Bertz CT molecular complexity index is 229. The van der Waals surface area contributed by atoms with Crippen molar-refractivity contribution < 1.29 is 4.79 Å². The molecule has 0 unspecified atom stereocenters. The minimum atomic E-state index is -0.135. The van der Waals surface area contributed by atoms with Gasteiger partial charge >= 0.3 is 0 Å². The van der Waals surface area contributed by atoms with Crippen molar-refractivity contribution >= 4 is 6.41 Å². The van der Waals surface area contributed by atoms with Gasteiger partial charge in [-0.2, -0.15) is 0 Å². The normalized spacial score (nSPS) is 24.8. The highest BCUT2D eigenvalue weighted by molar-refractivity contribution is 5.53. The number of carbonyl (C=O) groups excluding carboxylic acids is 1. The van der Waals surface area contributed by atoms with E-state index in [2.05, 4.69) is 24.5 Å². The highest BCUT2D eigenvalue weighted by atomic mass is 16.1. The second kappa shape index (κ2) is 2.59. The Balaban J connectivity index is 2.88. The smallest absolute Gasteiger partial charge is 0.211 e. The lowest BCUT2D eigenvalue weighted by Crippen LogP contribution is -2.47. The molecule has 12 heavy (non-hydrogen) atoms. The third-order valence-electron chi connectivity index (χ3n) is 2.03. The first-order valence-electron chi connectivity index (χ1n) is 4.10. The first kappa shape index (κ1) is 9.26. The molecule has 0 saturated heterocycles. The Morgan fingerprint density at radius 3 is 2.33 bits per heavy atom. The first-order valence-corrected chi connectivity index (χ1v) is 4.10. The minimum Gasteiger partial charge on any atom is -0.331 e. The maximum Gasteiger partial charge on any atom is 0.211 e. The fourth-order valence-corrected chi connectivity index (χ4v) is 1.74. The second-order valence-electron chi connectivity index (χ2n) is 4.29. The van der Waals surface area contributed by atoms with Crippen LogP contribution >= 0.6 is 0 Å². The SMILES string of the molecule is CC1(C)C=C(NC=O)C(C)(C)N1. The summed E-state index contributed by atoms with van der Waals surface area (Å²) in [6.07, 6.45) is 2.76. The first-order chi connectivity index (χ1) is 5.37. The van der Waals surface area contributed by atoms with Gasteiger partial charge in [-0.1, -0.05) is 0 Å². The molecule has 1 heterocycles. The number of nitrogens with one attached hydrogen (secondary N) is 2. The zero-order chi connectivity index (χ0) is 9.41. The molecule has 1 amide bonds. The van der Waals surface area contributed by atoms with Crippen molar-refractivity contribution in [1.82, 2.24) is 10.6 Å². The Morgan fingerprint density at radius 1 is 1.42 bits per heavy atom. The van der Waals surface area contributed by atoms with Gasteiger partial charge in [0.05, 0.1) is 5.54 Å². The lowest BCUT2D eigenvalue weighted by molar-refractivity contribution is -0.109. The molecular formula is C9H16N2O. The zero-order valence-corrected chi connectivity index (χ0v) is 8.06. The van der Waals surface area contributed by atoms with Crippen molar-refractivity contribution in [3.63, 3.8) is 0 Å². The monoisotopic (exact) mass is 168 g/mol. The summed E-state index contributed by atoms with van der Waals surface area (Å²) in [7, 11) is 0. The van der Waals surface area contributed by atoms with Crippen molar-refractivity contribution in [2.75, 3.05) is 0 Å². The Morgan fingerprint density at radius 2 is 2.00 bits per heavy atom. The number of hydrogen-bond donors (Lipinski definition) is 2. The van der Waals surface area contributed by atoms with Crippen LogP contribution in [0.25, 0.3) is 0 Å². The van der Waals surface area contributed by atoms with E-state index in [0.29, 0.717) is 0 Å². The summed E-state index contributed by atoms with van der Waals surface area (Å²) >= 11 is 0. The number of rotatable bonds is 2. The molecule has 0 aliphatic carbocycles. The number of hydrogen-bond acceptors (Lipinski definition) is 2. The van der Waals surface area contributed by atoms with Crippen molar-refractivity contribution in [1.29, 1.82) is 0 Å². The van der Waals surface area contributed by atoms with E-state index >= 15 is 0 Å². The second-order valence-corrected chi connectivity index (χ2v) is 4.29. The van der Waals surface area contributed by atoms with Crippen LogP contribution in [0.15, 0.2) is 11.8 Å². The van der Waals surface area contributed by atoms with Crippen LogP contribution in [0.4, 0.5) is 0 Å². The Kier molecular flexibility index (Phi) is 2.00. The Labute approximate surface area is 73.2 Å². The van der Waals surface area contributed by atoms with Crippen LogP contribution < -0.4 is 10.6 Å². The summed E-state index contributed by atoms with van der Waals surface area (Å²) in [5, 5.41) is 6.10. The van der Waals surface area contributed by atoms with Crippen LogP contribution in [-0.4, -0.2) is 17.5 Å². The average molecular weight is 168 g/mol. The van der Waals surface area contributed by atoms with Gasteiger partial charge in [0.2, 0.25) is 6.41 Å². The molecule has 1 aliphatic rings. The molecule has 1 rings (SSSR count). The molecule has 0 aromatic heterocycles. The van der Waals surface area contributed by atoms with Gasteiger partial charge in [0, 0.05) is 11.2 Å². The Hall–Kier alpha value is -0.830. The summed E-state index contributed by atoms with van der Waals surface area (Å²) in [5.41, 5.74) is 0.779. The van der Waals surface area contributed by atoms with Crippen LogP contribution in [0.2, 0.25) is 0 Å². The minimum absolute atomic E-state index is 0.0329. The third-order valence-corrected chi connectivity index (χ3v) is 2.03. The van der Waals surface area contributed by atoms with Gasteiger partial charge in [0.1, 0.15) is 0 Å². The summed E-state index contributed by atoms with van der Waals surface area (Å²) in [6, 6.07) is 0. The fourth-order valence-electron chi connectivity index (χ4n) is 1.74. The topological polar surface area (TPSA) is 41.1 Å². The molecule has 0 atom stereocenters. The lowest BCUT2D eigenvalue weighted by atomic mass is 10.0. The van der Waals surface area contributed by atoms with E-state index in [1.807, 2.05) is 19.9 Å². The van der Waals surface area contributed by atoms with Crippen molar-refractivity contribution in [2.45, 2.75) is 38.8 Å². The highest BCUT2D eigenvalue weighted by Crippen LogP contribution is 2.27. The zero-order valence-electron chi connectivity index (χ0n) is 8.06. The average Bonchev–Trinajstić information content (AvgIpc) is 2.01. The van der Waals surface area contributed by atoms with Gasteiger partial charge in [0.15, 0.2) is 0 Å². The summed E-state index contributed by atoms with van der Waals surface area (Å²) in [6.45, 7) is 8.25. The molecule has 0 radical (unpaired) electrons. The van der Waals surface area contributed by atoms with E-state index < -0.39 is 0 Å².